The molecule has 0 saturated carbocycles. The van der Waals surface area contributed by atoms with Gasteiger partial charge in [-0.15, -0.1) is 0 Å². The summed E-state index contributed by atoms with van der Waals surface area (Å²) in [7, 11) is 0. The molecular weight excluding hydrogens is 276 g/mol. The zero-order valence-corrected chi connectivity index (χ0v) is 13.6. The molecule has 23 heavy (non-hydrogen) atoms. The number of fused-ring (bicyclic) bond motifs is 2. The Kier molecular flexibility index (Phi) is 3.38. The molecule has 112 valence electrons. The number of benzene rings is 4. The summed E-state index contributed by atoms with van der Waals surface area (Å²) in [4.78, 5) is 0. The molecule has 0 N–H and O–H groups in total. The summed E-state index contributed by atoms with van der Waals surface area (Å²) in [5.74, 6) is 0.494. The van der Waals surface area contributed by atoms with Crippen LogP contribution in [0, 0.1) is 0 Å². The maximum Gasteiger partial charge on any atom is -0.00645 e. The minimum atomic E-state index is 0.494. The average molecular weight is 296 g/mol. The molecule has 0 radical (unpaired) electrons. The summed E-state index contributed by atoms with van der Waals surface area (Å²) in [5.41, 5.74) is 4.14. The third-order valence-electron chi connectivity index (χ3n) is 4.64. The predicted octanol–water partition coefficient (Wildman–Crippen LogP) is 6.78. The Labute approximate surface area is 137 Å². The van der Waals surface area contributed by atoms with E-state index in [2.05, 4.69) is 92.7 Å². The van der Waals surface area contributed by atoms with E-state index in [1.54, 1.807) is 0 Å². The van der Waals surface area contributed by atoms with Crippen molar-refractivity contribution in [1.82, 2.24) is 0 Å². The number of rotatable bonds is 2. The highest BCUT2D eigenvalue weighted by Crippen LogP contribution is 2.39. The Morgan fingerprint density at radius 1 is 0.565 bits per heavy atom. The van der Waals surface area contributed by atoms with Crippen molar-refractivity contribution in [2.75, 3.05) is 0 Å². The van der Waals surface area contributed by atoms with Crippen molar-refractivity contribution in [2.45, 2.75) is 19.8 Å². The topological polar surface area (TPSA) is 0 Å². The maximum absolute atomic E-state index is 2.30. The van der Waals surface area contributed by atoms with Gasteiger partial charge in [0.05, 0.1) is 0 Å². The Morgan fingerprint density at radius 3 is 1.91 bits per heavy atom. The van der Waals surface area contributed by atoms with Gasteiger partial charge in [-0.2, -0.15) is 0 Å². The molecular formula is C23H20. The molecule has 0 spiro atoms. The van der Waals surface area contributed by atoms with E-state index in [0.717, 1.165) is 0 Å². The van der Waals surface area contributed by atoms with Gasteiger partial charge in [0.25, 0.3) is 0 Å². The summed E-state index contributed by atoms with van der Waals surface area (Å²) < 4.78 is 0. The van der Waals surface area contributed by atoms with Gasteiger partial charge in [-0.3, -0.25) is 0 Å². The zero-order valence-electron chi connectivity index (χ0n) is 13.6. The standard InChI is InChI=1S/C23H20/c1-16(2)19-15-14-18-9-4-6-12-21(18)23(19)22-13-7-10-17-8-3-5-11-20(17)22/h3-16H,1-2H3. The van der Waals surface area contributed by atoms with E-state index >= 15 is 0 Å². The van der Waals surface area contributed by atoms with Crippen molar-refractivity contribution >= 4 is 21.5 Å². The van der Waals surface area contributed by atoms with Crippen LogP contribution < -0.4 is 0 Å². The van der Waals surface area contributed by atoms with Gasteiger partial charge in [-0.05, 0) is 44.2 Å². The molecule has 0 aliphatic heterocycles. The first-order chi connectivity index (χ1) is 11.3. The van der Waals surface area contributed by atoms with Crippen LogP contribution >= 0.6 is 0 Å². The maximum atomic E-state index is 2.30. The fraction of sp³-hybridized carbons (Fsp3) is 0.130. The summed E-state index contributed by atoms with van der Waals surface area (Å²) in [6, 6.07) is 28.5. The number of hydrogen-bond acceptors (Lipinski definition) is 0. The summed E-state index contributed by atoms with van der Waals surface area (Å²) in [6.07, 6.45) is 0. The Bertz CT molecular complexity index is 988. The summed E-state index contributed by atoms with van der Waals surface area (Å²) >= 11 is 0. The van der Waals surface area contributed by atoms with Crippen LogP contribution in [0.5, 0.6) is 0 Å². The highest BCUT2D eigenvalue weighted by Gasteiger charge is 2.14. The first kappa shape index (κ1) is 14.0. The van der Waals surface area contributed by atoms with Gasteiger partial charge >= 0.3 is 0 Å². The van der Waals surface area contributed by atoms with Crippen molar-refractivity contribution in [1.29, 1.82) is 0 Å². The molecule has 4 rings (SSSR count). The average Bonchev–Trinajstić information content (AvgIpc) is 2.60. The van der Waals surface area contributed by atoms with E-state index in [1.165, 1.54) is 38.2 Å². The molecule has 0 bridgehead atoms. The molecule has 0 saturated heterocycles. The molecule has 0 fully saturated rings. The Hall–Kier alpha value is -2.60. The van der Waals surface area contributed by atoms with Crippen LogP contribution in [0.2, 0.25) is 0 Å². The molecule has 0 aromatic heterocycles. The van der Waals surface area contributed by atoms with Crippen LogP contribution in [-0.2, 0) is 0 Å². The smallest absolute Gasteiger partial charge is 0.00645 e. The predicted molar refractivity (Wildman–Crippen MR) is 101 cm³/mol. The molecule has 0 nitrogen and oxygen atoms in total. The first-order valence-corrected chi connectivity index (χ1v) is 8.25. The van der Waals surface area contributed by atoms with Crippen molar-refractivity contribution in [3.63, 3.8) is 0 Å². The lowest BCUT2D eigenvalue weighted by Crippen LogP contribution is -1.94. The largest absolute Gasteiger partial charge is 0.0616 e. The molecule has 0 aliphatic rings. The van der Waals surface area contributed by atoms with Gasteiger partial charge < -0.3 is 0 Å². The second-order valence-electron chi connectivity index (χ2n) is 6.43. The lowest BCUT2D eigenvalue weighted by atomic mass is 9.86. The molecule has 0 heteroatoms. The van der Waals surface area contributed by atoms with Crippen LogP contribution in [0.4, 0.5) is 0 Å². The van der Waals surface area contributed by atoms with Crippen LogP contribution in [-0.4, -0.2) is 0 Å². The molecule has 4 aromatic carbocycles. The Balaban J connectivity index is 2.17. The lowest BCUT2D eigenvalue weighted by molar-refractivity contribution is 0.871. The second-order valence-corrected chi connectivity index (χ2v) is 6.43. The van der Waals surface area contributed by atoms with Crippen molar-refractivity contribution in [3.05, 3.63) is 84.4 Å². The van der Waals surface area contributed by atoms with Crippen molar-refractivity contribution in [2.24, 2.45) is 0 Å². The van der Waals surface area contributed by atoms with Gasteiger partial charge in [0, 0.05) is 0 Å². The van der Waals surface area contributed by atoms with Crippen LogP contribution in [0.25, 0.3) is 32.7 Å². The summed E-state index contributed by atoms with van der Waals surface area (Å²) in [5, 5.41) is 5.27. The van der Waals surface area contributed by atoms with Gasteiger partial charge in [0.2, 0.25) is 0 Å². The SMILES string of the molecule is CC(C)c1ccc2ccccc2c1-c1cccc2ccccc12. The lowest BCUT2D eigenvalue weighted by Gasteiger charge is -2.18. The third kappa shape index (κ3) is 2.31. The van der Waals surface area contributed by atoms with E-state index in [4.69, 9.17) is 0 Å². The second kappa shape index (κ2) is 5.55. The van der Waals surface area contributed by atoms with E-state index < -0.39 is 0 Å². The minimum Gasteiger partial charge on any atom is -0.0616 e. The van der Waals surface area contributed by atoms with Gasteiger partial charge in [-0.1, -0.05) is 92.7 Å². The van der Waals surface area contributed by atoms with Crippen LogP contribution in [0.15, 0.2) is 78.9 Å². The Morgan fingerprint density at radius 2 is 1.17 bits per heavy atom. The molecule has 0 amide bonds. The molecule has 4 aromatic rings. The molecule has 0 aliphatic carbocycles. The van der Waals surface area contributed by atoms with Crippen molar-refractivity contribution < 1.29 is 0 Å². The van der Waals surface area contributed by atoms with Crippen LogP contribution in [0.1, 0.15) is 25.3 Å². The van der Waals surface area contributed by atoms with Gasteiger partial charge in [0.1, 0.15) is 0 Å². The van der Waals surface area contributed by atoms with Gasteiger partial charge in [-0.25, -0.2) is 0 Å². The molecule has 0 unspecified atom stereocenters. The zero-order chi connectivity index (χ0) is 15.8. The number of hydrogen-bond donors (Lipinski definition) is 0. The third-order valence-corrected chi connectivity index (χ3v) is 4.64. The van der Waals surface area contributed by atoms with E-state index in [-0.39, 0.29) is 0 Å². The highest BCUT2D eigenvalue weighted by molar-refractivity contribution is 6.06. The minimum absolute atomic E-state index is 0.494. The first-order valence-electron chi connectivity index (χ1n) is 8.25. The fourth-order valence-corrected chi connectivity index (χ4v) is 3.51. The van der Waals surface area contributed by atoms with Crippen LogP contribution in [0.3, 0.4) is 0 Å². The molecule has 0 atom stereocenters. The van der Waals surface area contributed by atoms with Crippen molar-refractivity contribution in [3.8, 4) is 11.1 Å². The quantitative estimate of drug-likeness (QED) is 0.382. The monoisotopic (exact) mass is 296 g/mol. The van der Waals surface area contributed by atoms with E-state index in [9.17, 15) is 0 Å². The van der Waals surface area contributed by atoms with E-state index in [1.807, 2.05) is 0 Å². The summed E-state index contributed by atoms with van der Waals surface area (Å²) in [6.45, 7) is 4.55. The van der Waals surface area contributed by atoms with Gasteiger partial charge in [0.15, 0.2) is 0 Å². The van der Waals surface area contributed by atoms with E-state index in [0.29, 0.717) is 5.92 Å². The normalized spacial score (nSPS) is 11.4. The highest BCUT2D eigenvalue weighted by atomic mass is 14.2. The fourth-order valence-electron chi connectivity index (χ4n) is 3.51. The molecule has 0 heterocycles.